The van der Waals surface area contributed by atoms with Crippen LogP contribution in [0.4, 0.5) is 0 Å². The van der Waals surface area contributed by atoms with E-state index < -0.39 is 0 Å². The lowest BCUT2D eigenvalue weighted by atomic mass is 10.0. The van der Waals surface area contributed by atoms with Gasteiger partial charge in [-0.15, -0.1) is 0 Å². The Morgan fingerprint density at radius 2 is 2.19 bits per heavy atom. The lowest BCUT2D eigenvalue weighted by molar-refractivity contribution is 0.294. The molecule has 2 heteroatoms. The van der Waals surface area contributed by atoms with Crippen LogP contribution >= 0.6 is 0 Å². The van der Waals surface area contributed by atoms with Gasteiger partial charge in [-0.3, -0.25) is 0 Å². The van der Waals surface area contributed by atoms with E-state index in [-0.39, 0.29) is 0 Å². The van der Waals surface area contributed by atoms with Gasteiger partial charge < -0.3 is 10.1 Å². The summed E-state index contributed by atoms with van der Waals surface area (Å²) in [6.07, 6.45) is 2.78. The van der Waals surface area contributed by atoms with Crippen LogP contribution in [0.15, 0.2) is 18.2 Å². The van der Waals surface area contributed by atoms with Gasteiger partial charge in [0.1, 0.15) is 12.4 Å². The molecule has 1 aromatic rings. The van der Waals surface area contributed by atoms with E-state index in [0.717, 1.165) is 18.3 Å². The van der Waals surface area contributed by atoms with Crippen molar-refractivity contribution in [2.45, 2.75) is 38.8 Å². The fraction of sp³-hybridized carbons (Fsp3) is 0.571. The summed E-state index contributed by atoms with van der Waals surface area (Å²) in [4.78, 5) is 0. The average Bonchev–Trinajstić information content (AvgIpc) is 3.04. The summed E-state index contributed by atoms with van der Waals surface area (Å²) in [6, 6.07) is 7.48. The number of nitrogens with one attached hydrogen (secondary N) is 1. The highest BCUT2D eigenvalue weighted by Crippen LogP contribution is 2.37. The number of hydrogen-bond acceptors (Lipinski definition) is 2. The van der Waals surface area contributed by atoms with Crippen LogP contribution in [0.25, 0.3) is 0 Å². The molecule has 3 rings (SSSR count). The maximum atomic E-state index is 5.70. The lowest BCUT2D eigenvalue weighted by Crippen LogP contribution is -2.32. The van der Waals surface area contributed by atoms with Gasteiger partial charge in [0.05, 0.1) is 6.04 Å². The molecule has 2 unspecified atom stereocenters. The highest BCUT2D eigenvalue weighted by molar-refractivity contribution is 5.42. The molecule has 1 fully saturated rings. The monoisotopic (exact) mass is 217 g/mol. The molecule has 2 aliphatic rings. The van der Waals surface area contributed by atoms with Gasteiger partial charge in [0.2, 0.25) is 0 Å². The summed E-state index contributed by atoms with van der Waals surface area (Å²) in [5.41, 5.74) is 2.66. The van der Waals surface area contributed by atoms with Gasteiger partial charge in [-0.25, -0.2) is 0 Å². The summed E-state index contributed by atoms with van der Waals surface area (Å²) >= 11 is 0. The predicted molar refractivity (Wildman–Crippen MR) is 64.7 cm³/mol. The third kappa shape index (κ3) is 1.82. The van der Waals surface area contributed by atoms with E-state index in [1.54, 1.807) is 0 Å². The second kappa shape index (κ2) is 3.77. The van der Waals surface area contributed by atoms with Crippen LogP contribution in [-0.2, 0) is 0 Å². The molecule has 1 heterocycles. The van der Waals surface area contributed by atoms with E-state index in [1.807, 2.05) is 0 Å². The molecule has 1 aliphatic carbocycles. The number of rotatable bonds is 3. The van der Waals surface area contributed by atoms with Crippen molar-refractivity contribution in [3.8, 4) is 5.75 Å². The van der Waals surface area contributed by atoms with Crippen LogP contribution in [0.2, 0.25) is 0 Å². The molecule has 0 radical (unpaired) electrons. The fourth-order valence-electron chi connectivity index (χ4n) is 2.52. The molecule has 0 amide bonds. The Labute approximate surface area is 97.0 Å². The van der Waals surface area contributed by atoms with E-state index in [2.05, 4.69) is 37.4 Å². The van der Waals surface area contributed by atoms with Crippen molar-refractivity contribution in [2.24, 2.45) is 5.92 Å². The molecule has 1 N–H and O–H groups in total. The highest BCUT2D eigenvalue weighted by Gasteiger charge is 2.32. The topological polar surface area (TPSA) is 21.3 Å². The zero-order chi connectivity index (χ0) is 11.1. The molecule has 2 nitrogen and oxygen atoms in total. The Kier molecular flexibility index (Phi) is 2.40. The smallest absolute Gasteiger partial charge is 0.124 e. The van der Waals surface area contributed by atoms with Gasteiger partial charge in [0.15, 0.2) is 0 Å². The summed E-state index contributed by atoms with van der Waals surface area (Å²) in [7, 11) is 0. The Hall–Kier alpha value is -1.02. The third-order valence-electron chi connectivity index (χ3n) is 3.74. The molecule has 0 aromatic heterocycles. The van der Waals surface area contributed by atoms with Crippen molar-refractivity contribution in [3.05, 3.63) is 29.3 Å². The van der Waals surface area contributed by atoms with E-state index in [1.165, 1.54) is 24.0 Å². The SMILES string of the molecule is Cc1ccc2c(c1)C(NC(C)C1CC1)CO2. The fourth-order valence-corrected chi connectivity index (χ4v) is 2.52. The molecule has 1 aliphatic heterocycles. The van der Waals surface area contributed by atoms with Crippen LogP contribution in [0, 0.1) is 12.8 Å². The van der Waals surface area contributed by atoms with E-state index in [4.69, 9.17) is 4.74 Å². The minimum Gasteiger partial charge on any atom is -0.491 e. The van der Waals surface area contributed by atoms with Crippen molar-refractivity contribution in [2.75, 3.05) is 6.61 Å². The Morgan fingerprint density at radius 1 is 1.38 bits per heavy atom. The van der Waals surface area contributed by atoms with Crippen LogP contribution in [-0.4, -0.2) is 12.6 Å². The maximum Gasteiger partial charge on any atom is 0.124 e. The predicted octanol–water partition coefficient (Wildman–Crippen LogP) is 2.82. The Balaban J connectivity index is 1.76. The summed E-state index contributed by atoms with van der Waals surface area (Å²) in [6.45, 7) is 5.22. The van der Waals surface area contributed by atoms with Gasteiger partial charge in [-0.05, 0) is 38.7 Å². The van der Waals surface area contributed by atoms with E-state index >= 15 is 0 Å². The zero-order valence-corrected chi connectivity index (χ0v) is 9.99. The maximum absolute atomic E-state index is 5.70. The Morgan fingerprint density at radius 3 is 2.94 bits per heavy atom. The normalized spacial score (nSPS) is 25.0. The second-order valence-corrected chi connectivity index (χ2v) is 5.20. The minimum atomic E-state index is 0.394. The third-order valence-corrected chi connectivity index (χ3v) is 3.74. The molecule has 0 saturated heterocycles. The number of aryl methyl sites for hydroxylation is 1. The highest BCUT2D eigenvalue weighted by atomic mass is 16.5. The Bertz CT molecular complexity index is 398. The summed E-state index contributed by atoms with van der Waals surface area (Å²) < 4.78 is 5.70. The first kappa shape index (κ1) is 10.2. The molecule has 1 aromatic carbocycles. The first-order chi connectivity index (χ1) is 7.74. The molecule has 16 heavy (non-hydrogen) atoms. The van der Waals surface area contributed by atoms with Gasteiger partial charge >= 0.3 is 0 Å². The molecular formula is C14H19NO. The van der Waals surface area contributed by atoms with Gasteiger partial charge in [-0.2, -0.15) is 0 Å². The van der Waals surface area contributed by atoms with Crippen LogP contribution in [0.1, 0.15) is 36.9 Å². The quantitative estimate of drug-likeness (QED) is 0.840. The van der Waals surface area contributed by atoms with Crippen LogP contribution < -0.4 is 10.1 Å². The van der Waals surface area contributed by atoms with Gasteiger partial charge in [0, 0.05) is 11.6 Å². The van der Waals surface area contributed by atoms with Gasteiger partial charge in [0.25, 0.3) is 0 Å². The second-order valence-electron chi connectivity index (χ2n) is 5.20. The van der Waals surface area contributed by atoms with Crippen molar-refractivity contribution in [1.29, 1.82) is 0 Å². The molecule has 0 spiro atoms. The number of ether oxygens (including phenoxy) is 1. The first-order valence-corrected chi connectivity index (χ1v) is 6.23. The molecule has 86 valence electrons. The largest absolute Gasteiger partial charge is 0.491 e. The molecule has 1 saturated carbocycles. The van der Waals surface area contributed by atoms with E-state index in [0.29, 0.717) is 12.1 Å². The van der Waals surface area contributed by atoms with Crippen molar-refractivity contribution in [1.82, 2.24) is 5.32 Å². The van der Waals surface area contributed by atoms with Crippen molar-refractivity contribution < 1.29 is 4.74 Å². The first-order valence-electron chi connectivity index (χ1n) is 6.23. The molecule has 2 atom stereocenters. The average molecular weight is 217 g/mol. The van der Waals surface area contributed by atoms with Crippen LogP contribution in [0.5, 0.6) is 5.75 Å². The van der Waals surface area contributed by atoms with Crippen molar-refractivity contribution in [3.63, 3.8) is 0 Å². The lowest BCUT2D eigenvalue weighted by Gasteiger charge is -2.18. The van der Waals surface area contributed by atoms with Crippen molar-refractivity contribution >= 4 is 0 Å². The van der Waals surface area contributed by atoms with Gasteiger partial charge in [-0.1, -0.05) is 17.7 Å². The molecule has 0 bridgehead atoms. The number of hydrogen-bond donors (Lipinski definition) is 1. The standard InChI is InChI=1S/C14H19NO/c1-9-3-6-14-12(7-9)13(8-16-14)15-10(2)11-4-5-11/h3,6-7,10-11,13,15H,4-5,8H2,1-2H3. The van der Waals surface area contributed by atoms with E-state index in [9.17, 15) is 0 Å². The molecular weight excluding hydrogens is 198 g/mol. The number of benzene rings is 1. The minimum absolute atomic E-state index is 0.394. The number of fused-ring (bicyclic) bond motifs is 1. The summed E-state index contributed by atoms with van der Waals surface area (Å²) in [5, 5.41) is 3.70. The summed E-state index contributed by atoms with van der Waals surface area (Å²) in [5.74, 6) is 1.96. The van der Waals surface area contributed by atoms with Crippen LogP contribution in [0.3, 0.4) is 0 Å². The zero-order valence-electron chi connectivity index (χ0n) is 9.99.